The fourth-order valence-electron chi connectivity index (χ4n) is 8.14. The number of fused-ring (bicyclic) bond motifs is 5. The van der Waals surface area contributed by atoms with Crippen LogP contribution < -0.4 is 24.8 Å². The number of alkyl halides is 3. The summed E-state index contributed by atoms with van der Waals surface area (Å²) in [6.07, 6.45) is 1.06. The molecule has 4 amide bonds. The molecule has 5 heterocycles. The van der Waals surface area contributed by atoms with Gasteiger partial charge in [0.05, 0.1) is 36.0 Å². The van der Waals surface area contributed by atoms with Crippen molar-refractivity contribution >= 4 is 44.9 Å². The average Bonchev–Trinajstić information content (AvgIpc) is 4.06. The third kappa shape index (κ3) is 8.53. The summed E-state index contributed by atoms with van der Waals surface area (Å²) in [4.78, 5) is 65.9. The van der Waals surface area contributed by atoms with Crippen LogP contribution in [0.25, 0.3) is 11.0 Å². The first-order valence-corrected chi connectivity index (χ1v) is 21.5. The third-order valence-electron chi connectivity index (χ3n) is 12.0. The van der Waals surface area contributed by atoms with Gasteiger partial charge in [-0.25, -0.2) is 23.2 Å². The molecule has 3 fully saturated rings. The van der Waals surface area contributed by atoms with Crippen molar-refractivity contribution in [1.82, 2.24) is 30.2 Å². The number of carbonyl (C=O) groups is 4. The minimum Gasteiger partial charge on any atom is -0.483 e. The van der Waals surface area contributed by atoms with Gasteiger partial charge in [0.1, 0.15) is 23.2 Å². The molecule has 19 heteroatoms. The van der Waals surface area contributed by atoms with Crippen molar-refractivity contribution in [2.75, 3.05) is 20.3 Å². The first-order valence-electron chi connectivity index (χ1n) is 20.0. The highest BCUT2D eigenvalue weighted by Gasteiger charge is 2.64. The Morgan fingerprint density at radius 1 is 1.07 bits per heavy atom. The highest BCUT2D eigenvalue weighted by Crippen LogP contribution is 2.50. The number of aryl methyl sites for hydroxylation is 1. The highest BCUT2D eigenvalue weighted by molar-refractivity contribution is 7.91. The van der Waals surface area contributed by atoms with Crippen molar-refractivity contribution in [2.24, 2.45) is 11.3 Å². The van der Waals surface area contributed by atoms with Crippen LogP contribution in [0.1, 0.15) is 103 Å². The van der Waals surface area contributed by atoms with Gasteiger partial charge in [-0.05, 0) is 69.8 Å². The maximum atomic E-state index is 14.7. The molecule has 5 atom stereocenters. The minimum atomic E-state index is -4.96. The predicted molar refractivity (Wildman–Crippen MR) is 207 cm³/mol. The molecule has 2 saturated carbocycles. The molecule has 3 aliphatic heterocycles. The average molecular weight is 849 g/mol. The Kier molecular flexibility index (Phi) is 10.9. The van der Waals surface area contributed by atoms with Crippen molar-refractivity contribution in [3.8, 4) is 11.6 Å². The standard InChI is InChI=1S/C40H51F3N6O9S/c1-36(2,3)22-57-35(53)45-26-12-10-8-6-7-9-11-23-19-39(23,34(52)48-59(54,55)37(4)17-18-37)47-32(50)27-20-38(21-49(27)33(26)51)16-15-24-29-25(13-14-28(46-29)56-5)44-31(30(24)58-38)40(41,42)43/h9,11,13-14,23,26-27H,6-8,10,12,15-22H2,1-5H3,(H,45,53)(H,47,50)(H,48,52)/b11-9-/t23-,26+,27+,38-,39-/m1/s1. The summed E-state index contributed by atoms with van der Waals surface area (Å²) in [6.45, 7) is 6.83. The van der Waals surface area contributed by atoms with Crippen molar-refractivity contribution in [3.05, 3.63) is 35.5 Å². The van der Waals surface area contributed by atoms with Crippen molar-refractivity contribution in [3.63, 3.8) is 0 Å². The molecular formula is C40H51F3N6O9S. The molecule has 7 rings (SSSR count). The zero-order valence-electron chi connectivity index (χ0n) is 33.8. The molecule has 2 aromatic heterocycles. The number of nitrogens with one attached hydrogen (secondary N) is 3. The van der Waals surface area contributed by atoms with Crippen LogP contribution in [0.5, 0.6) is 11.6 Å². The minimum absolute atomic E-state index is 0.00458. The van der Waals surface area contributed by atoms with Gasteiger partial charge in [-0.15, -0.1) is 0 Å². The van der Waals surface area contributed by atoms with Crippen LogP contribution in [0.4, 0.5) is 18.0 Å². The number of alkyl carbamates (subject to hydrolysis) is 1. The molecule has 5 aliphatic rings. The number of carbonyl (C=O) groups excluding carboxylic acids is 4. The van der Waals surface area contributed by atoms with E-state index in [4.69, 9.17) is 14.2 Å². The number of hydrogen-bond acceptors (Lipinski definition) is 11. The van der Waals surface area contributed by atoms with Gasteiger partial charge in [0.25, 0.3) is 5.91 Å². The molecule has 2 aliphatic carbocycles. The number of nitrogens with zero attached hydrogens (tertiary/aromatic N) is 3. The van der Waals surface area contributed by atoms with E-state index < -0.39 is 85.3 Å². The van der Waals surface area contributed by atoms with E-state index in [9.17, 15) is 40.8 Å². The van der Waals surface area contributed by atoms with E-state index in [-0.39, 0.29) is 73.1 Å². The van der Waals surface area contributed by atoms with Crippen LogP contribution in [0.2, 0.25) is 0 Å². The molecule has 15 nitrogen and oxygen atoms in total. The Labute approximate surface area is 340 Å². The fraction of sp³-hybridized carbons (Fsp3) is 0.650. The van der Waals surface area contributed by atoms with E-state index in [1.54, 1.807) is 6.08 Å². The van der Waals surface area contributed by atoms with Gasteiger partial charge in [-0.1, -0.05) is 45.8 Å². The van der Waals surface area contributed by atoms with E-state index in [1.807, 2.05) is 26.8 Å². The van der Waals surface area contributed by atoms with Crippen molar-refractivity contribution in [1.29, 1.82) is 0 Å². The predicted octanol–water partition coefficient (Wildman–Crippen LogP) is 4.86. The summed E-state index contributed by atoms with van der Waals surface area (Å²) < 4.78 is 88.7. The van der Waals surface area contributed by atoms with Gasteiger partial charge < -0.3 is 29.7 Å². The molecule has 1 spiro atoms. The number of sulfonamides is 1. The number of halogens is 3. The van der Waals surface area contributed by atoms with Gasteiger partial charge >= 0.3 is 12.3 Å². The summed E-state index contributed by atoms with van der Waals surface area (Å²) in [7, 11) is -2.73. The summed E-state index contributed by atoms with van der Waals surface area (Å²) in [6, 6.07) is 0.182. The molecule has 2 aromatic rings. The lowest BCUT2D eigenvalue weighted by Gasteiger charge is -2.37. The molecule has 0 radical (unpaired) electrons. The van der Waals surface area contributed by atoms with Crippen LogP contribution in [0, 0.1) is 11.3 Å². The van der Waals surface area contributed by atoms with Crippen LogP contribution in [-0.4, -0.2) is 95.3 Å². The summed E-state index contributed by atoms with van der Waals surface area (Å²) >= 11 is 0. The summed E-state index contributed by atoms with van der Waals surface area (Å²) in [5.74, 6) is -3.42. The van der Waals surface area contributed by atoms with Crippen molar-refractivity contribution in [2.45, 2.75) is 132 Å². The summed E-state index contributed by atoms with van der Waals surface area (Å²) in [5.41, 5.74) is -4.64. The lowest BCUT2D eigenvalue weighted by Crippen LogP contribution is -2.58. The highest BCUT2D eigenvalue weighted by atomic mass is 32.2. The van der Waals surface area contributed by atoms with Gasteiger partial charge in [-0.2, -0.15) is 13.2 Å². The Balaban J connectivity index is 1.26. The number of allylic oxidation sites excluding steroid dienone is 1. The van der Waals surface area contributed by atoms with Crippen LogP contribution >= 0.6 is 0 Å². The van der Waals surface area contributed by atoms with Gasteiger partial charge in [0.15, 0.2) is 11.4 Å². The zero-order valence-corrected chi connectivity index (χ0v) is 34.6. The maximum Gasteiger partial charge on any atom is 0.437 e. The fourth-order valence-corrected chi connectivity index (χ4v) is 9.45. The molecular weight excluding hydrogens is 798 g/mol. The van der Waals surface area contributed by atoms with Crippen molar-refractivity contribution < 1.29 is 55.0 Å². The lowest BCUT2D eigenvalue weighted by atomic mass is 9.87. The topological polar surface area (TPSA) is 195 Å². The second-order valence-electron chi connectivity index (χ2n) is 18.0. The lowest BCUT2D eigenvalue weighted by molar-refractivity contribution is -0.144. The van der Waals surface area contributed by atoms with Gasteiger partial charge in [0, 0.05) is 24.0 Å². The van der Waals surface area contributed by atoms with E-state index in [2.05, 4.69) is 25.3 Å². The zero-order chi connectivity index (χ0) is 42.8. The molecule has 3 N–H and O–H groups in total. The Hall–Kier alpha value is -4.68. The second-order valence-corrected chi connectivity index (χ2v) is 20.2. The Bertz CT molecular complexity index is 2190. The van der Waals surface area contributed by atoms with Gasteiger partial charge in [-0.3, -0.25) is 19.1 Å². The number of pyridine rings is 2. The largest absolute Gasteiger partial charge is 0.483 e. The number of ether oxygens (including phenoxy) is 3. The third-order valence-corrected chi connectivity index (χ3v) is 14.2. The Morgan fingerprint density at radius 3 is 2.49 bits per heavy atom. The Morgan fingerprint density at radius 2 is 1.81 bits per heavy atom. The number of hydrogen-bond donors (Lipinski definition) is 3. The van der Waals surface area contributed by atoms with E-state index in [0.717, 1.165) is 0 Å². The molecule has 0 unspecified atom stereocenters. The summed E-state index contributed by atoms with van der Waals surface area (Å²) in [5, 5.41) is 5.45. The number of methoxy groups -OCH3 is 1. The van der Waals surface area contributed by atoms with Crippen LogP contribution in [0.15, 0.2) is 24.3 Å². The molecule has 322 valence electrons. The van der Waals surface area contributed by atoms with Crippen LogP contribution in [-0.2, 0) is 41.7 Å². The molecule has 1 saturated heterocycles. The second kappa shape index (κ2) is 15.1. The van der Waals surface area contributed by atoms with Gasteiger partial charge in [0.2, 0.25) is 27.7 Å². The number of rotatable bonds is 6. The normalized spacial score (nSPS) is 28.7. The number of amides is 4. The van der Waals surface area contributed by atoms with Crippen LogP contribution in [0.3, 0.4) is 0 Å². The van der Waals surface area contributed by atoms with E-state index in [0.29, 0.717) is 38.5 Å². The molecule has 59 heavy (non-hydrogen) atoms. The number of aromatic nitrogens is 2. The molecule has 0 aromatic carbocycles. The van der Waals surface area contributed by atoms with E-state index in [1.165, 1.54) is 31.1 Å². The van der Waals surface area contributed by atoms with E-state index >= 15 is 0 Å². The molecule has 0 bridgehead atoms. The SMILES string of the molecule is COc1ccc2nc(C(F)(F)F)c3c(c2n1)CC[C@]1(C[C@H]2C(=O)N[C@]4(C(=O)NS(=O)(=O)C5(C)CC5)C[C@H]4/C=C\CCCCC[C@H](NC(=O)OCC(C)(C)C)C(=O)N2C1)O3. The first kappa shape index (κ1) is 42.4. The smallest absolute Gasteiger partial charge is 0.437 e. The monoisotopic (exact) mass is 848 g/mol. The first-order chi connectivity index (χ1) is 27.6. The maximum absolute atomic E-state index is 14.7. The quantitative estimate of drug-likeness (QED) is 0.336.